The van der Waals surface area contributed by atoms with Crippen LogP contribution in [0, 0.1) is 0 Å². The standard InChI is InChI=1S/C9H12N2O5S2/c10-7(12)4-3-6(9(13)14)11-18(15,16)8-2-1-5-17-8/h1-2,5-6,11H,3-4H2,(H2,10,12)(H,13,14)/t6-/m1/s1. The minimum absolute atomic E-state index is 0.0211. The van der Waals surface area contributed by atoms with Crippen molar-refractivity contribution < 1.29 is 23.1 Å². The fraction of sp³-hybridized carbons (Fsp3) is 0.333. The van der Waals surface area contributed by atoms with Crippen LogP contribution in [0.1, 0.15) is 12.8 Å². The summed E-state index contributed by atoms with van der Waals surface area (Å²) in [7, 11) is -3.87. The highest BCUT2D eigenvalue weighted by molar-refractivity contribution is 7.91. The first kappa shape index (κ1) is 14.6. The molecule has 9 heteroatoms. The van der Waals surface area contributed by atoms with Gasteiger partial charge in [0.15, 0.2) is 0 Å². The van der Waals surface area contributed by atoms with Crippen molar-refractivity contribution in [3.8, 4) is 0 Å². The molecular formula is C9H12N2O5S2. The van der Waals surface area contributed by atoms with Crippen LogP contribution < -0.4 is 10.5 Å². The van der Waals surface area contributed by atoms with Crippen LogP contribution in [0.4, 0.5) is 0 Å². The van der Waals surface area contributed by atoms with Gasteiger partial charge in [-0.3, -0.25) is 9.59 Å². The number of nitrogens with two attached hydrogens (primary N) is 1. The van der Waals surface area contributed by atoms with E-state index in [1.54, 1.807) is 11.4 Å². The van der Waals surface area contributed by atoms with Gasteiger partial charge in [0.25, 0.3) is 10.0 Å². The molecule has 0 fully saturated rings. The second-order valence-corrected chi connectivity index (χ2v) is 6.34. The number of hydrogen-bond donors (Lipinski definition) is 3. The molecule has 1 aromatic rings. The van der Waals surface area contributed by atoms with E-state index < -0.39 is 27.9 Å². The summed E-state index contributed by atoms with van der Waals surface area (Å²) in [5.41, 5.74) is 4.89. The van der Waals surface area contributed by atoms with Gasteiger partial charge in [0, 0.05) is 6.42 Å². The summed E-state index contributed by atoms with van der Waals surface area (Å²) in [6.45, 7) is 0. The lowest BCUT2D eigenvalue weighted by Crippen LogP contribution is -2.41. The third kappa shape index (κ3) is 4.09. The van der Waals surface area contributed by atoms with Crippen LogP contribution in [0.2, 0.25) is 0 Å². The molecule has 1 aromatic heterocycles. The summed E-state index contributed by atoms with van der Waals surface area (Å²) in [6, 6.07) is 1.53. The normalized spacial score (nSPS) is 13.1. The molecule has 0 spiro atoms. The van der Waals surface area contributed by atoms with Crippen molar-refractivity contribution in [2.24, 2.45) is 5.73 Å². The molecule has 0 bridgehead atoms. The van der Waals surface area contributed by atoms with Gasteiger partial charge in [-0.05, 0) is 17.9 Å². The highest BCUT2D eigenvalue weighted by atomic mass is 32.2. The summed E-state index contributed by atoms with van der Waals surface area (Å²) in [5, 5.41) is 10.4. The molecule has 1 heterocycles. The number of thiophene rings is 1. The van der Waals surface area contributed by atoms with Crippen molar-refractivity contribution >= 4 is 33.2 Å². The van der Waals surface area contributed by atoms with E-state index in [-0.39, 0.29) is 17.1 Å². The molecule has 1 amide bonds. The van der Waals surface area contributed by atoms with Crippen molar-refractivity contribution in [1.29, 1.82) is 0 Å². The van der Waals surface area contributed by atoms with Crippen LogP contribution in [0.25, 0.3) is 0 Å². The zero-order valence-electron chi connectivity index (χ0n) is 9.20. The molecule has 0 aliphatic rings. The monoisotopic (exact) mass is 292 g/mol. The number of carboxylic acid groups (broad SMARTS) is 1. The summed E-state index contributed by atoms with van der Waals surface area (Å²) in [6.07, 6.45) is -0.390. The average molecular weight is 292 g/mol. The second-order valence-electron chi connectivity index (χ2n) is 3.45. The third-order valence-electron chi connectivity index (χ3n) is 2.03. The number of carboxylic acids is 1. The van der Waals surface area contributed by atoms with Crippen molar-refractivity contribution in [3.05, 3.63) is 17.5 Å². The Balaban J connectivity index is 2.78. The van der Waals surface area contributed by atoms with Gasteiger partial charge in [0.2, 0.25) is 5.91 Å². The Bertz CT molecular complexity index is 523. The number of amides is 1. The predicted molar refractivity (Wildman–Crippen MR) is 64.5 cm³/mol. The molecule has 0 saturated heterocycles. The Morgan fingerprint density at radius 3 is 2.61 bits per heavy atom. The van der Waals surface area contributed by atoms with E-state index in [0.717, 1.165) is 11.3 Å². The van der Waals surface area contributed by atoms with Crippen molar-refractivity contribution in [3.63, 3.8) is 0 Å². The molecule has 0 aromatic carbocycles. The topological polar surface area (TPSA) is 127 Å². The van der Waals surface area contributed by atoms with E-state index in [1.165, 1.54) is 6.07 Å². The first-order valence-electron chi connectivity index (χ1n) is 4.90. The van der Waals surface area contributed by atoms with Gasteiger partial charge in [-0.15, -0.1) is 11.3 Å². The minimum atomic E-state index is -3.87. The molecule has 0 aliphatic carbocycles. The lowest BCUT2D eigenvalue weighted by atomic mass is 10.2. The summed E-state index contributed by atoms with van der Waals surface area (Å²) < 4.78 is 25.6. The number of carbonyl (C=O) groups is 2. The Morgan fingerprint density at radius 2 is 2.17 bits per heavy atom. The first-order valence-corrected chi connectivity index (χ1v) is 7.26. The number of sulfonamides is 1. The van der Waals surface area contributed by atoms with E-state index in [0.29, 0.717) is 0 Å². The van der Waals surface area contributed by atoms with Gasteiger partial charge < -0.3 is 10.8 Å². The Kier molecular flexibility index (Phi) is 4.82. The summed E-state index contributed by atoms with van der Waals surface area (Å²) >= 11 is 0.973. The molecular weight excluding hydrogens is 280 g/mol. The van der Waals surface area contributed by atoms with Gasteiger partial charge in [0.1, 0.15) is 10.3 Å². The first-order chi connectivity index (χ1) is 8.33. The molecule has 4 N–H and O–H groups in total. The Morgan fingerprint density at radius 1 is 1.50 bits per heavy atom. The molecule has 0 aliphatic heterocycles. The van der Waals surface area contributed by atoms with Gasteiger partial charge in [-0.2, -0.15) is 4.72 Å². The lowest BCUT2D eigenvalue weighted by molar-refractivity contribution is -0.139. The molecule has 7 nitrogen and oxygen atoms in total. The molecule has 1 rings (SSSR count). The van der Waals surface area contributed by atoms with Crippen molar-refractivity contribution in [1.82, 2.24) is 4.72 Å². The highest BCUT2D eigenvalue weighted by Gasteiger charge is 2.26. The average Bonchev–Trinajstić information content (AvgIpc) is 2.77. The number of primary amides is 1. The van der Waals surface area contributed by atoms with Gasteiger partial charge in [-0.25, -0.2) is 8.42 Å². The largest absolute Gasteiger partial charge is 0.480 e. The second kappa shape index (κ2) is 5.94. The van der Waals surface area contributed by atoms with Crippen LogP contribution in [0.5, 0.6) is 0 Å². The Labute approximate surface area is 108 Å². The number of aliphatic carboxylic acids is 1. The molecule has 0 radical (unpaired) electrons. The van der Waals surface area contributed by atoms with E-state index in [1.807, 2.05) is 4.72 Å². The van der Waals surface area contributed by atoms with E-state index in [4.69, 9.17) is 10.8 Å². The molecule has 18 heavy (non-hydrogen) atoms. The van der Waals surface area contributed by atoms with Crippen LogP contribution in [-0.2, 0) is 19.6 Å². The minimum Gasteiger partial charge on any atom is -0.480 e. The van der Waals surface area contributed by atoms with Crippen LogP contribution in [0.3, 0.4) is 0 Å². The predicted octanol–water partition coefficient (Wildman–Crippen LogP) is -0.255. The van der Waals surface area contributed by atoms with Gasteiger partial charge in [0.05, 0.1) is 0 Å². The van der Waals surface area contributed by atoms with Crippen LogP contribution in [0.15, 0.2) is 21.7 Å². The zero-order valence-corrected chi connectivity index (χ0v) is 10.8. The van der Waals surface area contributed by atoms with Gasteiger partial charge >= 0.3 is 5.97 Å². The quantitative estimate of drug-likeness (QED) is 0.638. The highest BCUT2D eigenvalue weighted by Crippen LogP contribution is 2.16. The lowest BCUT2D eigenvalue weighted by Gasteiger charge is -2.12. The van der Waals surface area contributed by atoms with E-state index in [9.17, 15) is 18.0 Å². The van der Waals surface area contributed by atoms with Gasteiger partial charge in [-0.1, -0.05) is 6.07 Å². The smallest absolute Gasteiger partial charge is 0.321 e. The third-order valence-corrected chi connectivity index (χ3v) is 4.90. The maximum absolute atomic E-state index is 11.8. The summed E-state index contributed by atoms with van der Waals surface area (Å²) in [5.74, 6) is -2.03. The molecule has 0 unspecified atom stereocenters. The van der Waals surface area contributed by atoms with Crippen molar-refractivity contribution in [2.75, 3.05) is 0 Å². The van der Waals surface area contributed by atoms with E-state index >= 15 is 0 Å². The number of nitrogens with one attached hydrogen (secondary N) is 1. The fourth-order valence-corrected chi connectivity index (χ4v) is 3.41. The van der Waals surface area contributed by atoms with Crippen LogP contribution in [-0.4, -0.2) is 31.4 Å². The number of carbonyl (C=O) groups excluding carboxylic acids is 1. The van der Waals surface area contributed by atoms with E-state index in [2.05, 4.69) is 0 Å². The maximum Gasteiger partial charge on any atom is 0.321 e. The number of rotatable bonds is 7. The Hall–Kier alpha value is -1.45. The zero-order chi connectivity index (χ0) is 13.8. The maximum atomic E-state index is 11.8. The number of hydrogen-bond acceptors (Lipinski definition) is 5. The molecule has 0 saturated carbocycles. The van der Waals surface area contributed by atoms with Crippen LogP contribution >= 0.6 is 11.3 Å². The SMILES string of the molecule is NC(=O)CC[C@@H](NS(=O)(=O)c1cccs1)C(=O)O. The summed E-state index contributed by atoms with van der Waals surface area (Å²) in [4.78, 5) is 21.5. The fourth-order valence-electron chi connectivity index (χ4n) is 1.18. The van der Waals surface area contributed by atoms with Crippen molar-refractivity contribution in [2.45, 2.75) is 23.1 Å². The molecule has 1 atom stereocenters. The molecule has 100 valence electrons.